The molecule has 148 valence electrons. The molecule has 0 saturated heterocycles. The second-order valence-electron chi connectivity index (χ2n) is 7.12. The molecule has 0 aromatic heterocycles. The fraction of sp³-hybridized carbons (Fsp3) is 0.348. The van der Waals surface area contributed by atoms with Crippen molar-refractivity contribution in [2.24, 2.45) is 5.92 Å². The van der Waals surface area contributed by atoms with Gasteiger partial charge in [0.05, 0.1) is 6.61 Å². The Morgan fingerprint density at radius 3 is 2.29 bits per heavy atom. The van der Waals surface area contributed by atoms with Crippen LogP contribution in [0, 0.1) is 12.8 Å². The summed E-state index contributed by atoms with van der Waals surface area (Å²) in [6.45, 7) is 5.74. The number of aryl methyl sites for hydroxylation is 1. The summed E-state index contributed by atoms with van der Waals surface area (Å²) in [6.07, 6.45) is 0.745. The van der Waals surface area contributed by atoms with Gasteiger partial charge in [0, 0.05) is 17.5 Å². The van der Waals surface area contributed by atoms with Gasteiger partial charge in [-0.15, -0.1) is 0 Å². The van der Waals surface area contributed by atoms with Crippen LogP contribution in [0.2, 0.25) is 0 Å². The van der Waals surface area contributed by atoms with E-state index in [1.165, 1.54) is 0 Å². The van der Waals surface area contributed by atoms with Gasteiger partial charge in [-0.25, -0.2) is 4.79 Å². The second kappa shape index (κ2) is 10.4. The quantitative estimate of drug-likeness (QED) is 0.405. The van der Waals surface area contributed by atoms with E-state index < -0.39 is 12.0 Å². The lowest BCUT2D eigenvalue weighted by molar-refractivity contribution is -0.147. The largest absolute Gasteiger partial charge is 0.464 e. The standard InChI is InChI=1S/C23H27NO4/c1-16(2)21(24-22(26)19-12-7-9-17(3)15-19)23(27)28-14-8-13-20(25)18-10-5-4-6-11-18/h4-7,9-12,15-16,21H,8,13-14H2,1-3H3,(H,24,26). The van der Waals surface area contributed by atoms with Gasteiger partial charge in [0.1, 0.15) is 6.04 Å². The summed E-state index contributed by atoms with van der Waals surface area (Å²) in [4.78, 5) is 36.9. The second-order valence-corrected chi connectivity index (χ2v) is 7.12. The number of esters is 1. The van der Waals surface area contributed by atoms with Crippen molar-refractivity contribution in [3.05, 3.63) is 71.3 Å². The summed E-state index contributed by atoms with van der Waals surface area (Å²) in [6, 6.07) is 15.5. The third-order valence-electron chi connectivity index (χ3n) is 4.38. The first kappa shape index (κ1) is 21.4. The molecule has 0 radical (unpaired) electrons. The average molecular weight is 381 g/mol. The molecule has 1 atom stereocenters. The van der Waals surface area contributed by atoms with Gasteiger partial charge in [0.2, 0.25) is 0 Å². The SMILES string of the molecule is Cc1cccc(C(=O)NC(C(=O)OCCCC(=O)c2ccccc2)C(C)C)c1. The maximum atomic E-state index is 12.4. The molecule has 5 nitrogen and oxygen atoms in total. The summed E-state index contributed by atoms with van der Waals surface area (Å²) < 4.78 is 5.31. The molecule has 0 aliphatic carbocycles. The summed E-state index contributed by atoms with van der Waals surface area (Å²) in [7, 11) is 0. The van der Waals surface area contributed by atoms with Crippen molar-refractivity contribution >= 4 is 17.7 Å². The van der Waals surface area contributed by atoms with E-state index in [0.717, 1.165) is 5.56 Å². The van der Waals surface area contributed by atoms with Crippen molar-refractivity contribution in [2.75, 3.05) is 6.61 Å². The molecule has 0 fully saturated rings. The molecule has 1 unspecified atom stereocenters. The molecule has 0 heterocycles. The predicted molar refractivity (Wildman–Crippen MR) is 108 cm³/mol. The molecule has 1 N–H and O–H groups in total. The van der Waals surface area contributed by atoms with Crippen LogP contribution < -0.4 is 5.32 Å². The normalized spacial score (nSPS) is 11.7. The number of Topliss-reactive ketones (excluding diaryl/α,β-unsaturated/α-hetero) is 1. The van der Waals surface area contributed by atoms with Crippen LogP contribution in [0.3, 0.4) is 0 Å². The van der Waals surface area contributed by atoms with Crippen LogP contribution >= 0.6 is 0 Å². The Bertz CT molecular complexity index is 814. The number of rotatable bonds is 9. The van der Waals surface area contributed by atoms with E-state index in [1.54, 1.807) is 30.3 Å². The van der Waals surface area contributed by atoms with Crippen molar-refractivity contribution in [2.45, 2.75) is 39.7 Å². The number of carbonyl (C=O) groups excluding carboxylic acids is 3. The van der Waals surface area contributed by atoms with Crippen LogP contribution in [0.5, 0.6) is 0 Å². The van der Waals surface area contributed by atoms with E-state index in [0.29, 0.717) is 24.0 Å². The lowest BCUT2D eigenvalue weighted by atomic mass is 10.0. The molecule has 2 rings (SSSR count). The van der Waals surface area contributed by atoms with Crippen molar-refractivity contribution < 1.29 is 19.1 Å². The highest BCUT2D eigenvalue weighted by Gasteiger charge is 2.26. The summed E-state index contributed by atoms with van der Waals surface area (Å²) in [5, 5.41) is 2.75. The number of hydrogen-bond acceptors (Lipinski definition) is 4. The molecule has 2 aromatic carbocycles. The van der Waals surface area contributed by atoms with E-state index >= 15 is 0 Å². The Morgan fingerprint density at radius 2 is 1.64 bits per heavy atom. The van der Waals surface area contributed by atoms with Crippen LogP contribution in [0.15, 0.2) is 54.6 Å². The number of hydrogen-bond donors (Lipinski definition) is 1. The van der Waals surface area contributed by atoms with Crippen molar-refractivity contribution in [1.29, 1.82) is 0 Å². The molecule has 0 aliphatic rings. The number of carbonyl (C=O) groups is 3. The van der Waals surface area contributed by atoms with Crippen molar-refractivity contribution in [3.63, 3.8) is 0 Å². The maximum Gasteiger partial charge on any atom is 0.328 e. The minimum atomic E-state index is -0.738. The Labute approximate surface area is 166 Å². The molecular weight excluding hydrogens is 354 g/mol. The third kappa shape index (κ3) is 6.34. The van der Waals surface area contributed by atoms with Gasteiger partial charge < -0.3 is 10.1 Å². The van der Waals surface area contributed by atoms with Crippen molar-refractivity contribution in [1.82, 2.24) is 5.32 Å². The van der Waals surface area contributed by atoms with Gasteiger partial charge in [-0.2, -0.15) is 0 Å². The molecule has 0 aliphatic heterocycles. The van der Waals surface area contributed by atoms with Crippen LogP contribution in [-0.4, -0.2) is 30.3 Å². The molecule has 0 bridgehead atoms. The topological polar surface area (TPSA) is 72.5 Å². The maximum absolute atomic E-state index is 12.4. The number of ether oxygens (including phenoxy) is 1. The van der Waals surface area contributed by atoms with E-state index in [4.69, 9.17) is 4.74 Å². The fourth-order valence-corrected chi connectivity index (χ4v) is 2.77. The number of benzene rings is 2. The summed E-state index contributed by atoms with van der Waals surface area (Å²) >= 11 is 0. The van der Waals surface area contributed by atoms with Crippen LogP contribution in [0.25, 0.3) is 0 Å². The smallest absolute Gasteiger partial charge is 0.328 e. The van der Waals surface area contributed by atoms with Gasteiger partial charge in [0.25, 0.3) is 5.91 Å². The Hall–Kier alpha value is -2.95. The van der Waals surface area contributed by atoms with Gasteiger partial charge in [-0.05, 0) is 31.4 Å². The van der Waals surface area contributed by atoms with E-state index in [2.05, 4.69) is 5.32 Å². The molecule has 2 aromatic rings. The van der Waals surface area contributed by atoms with Gasteiger partial charge in [-0.3, -0.25) is 9.59 Å². The minimum Gasteiger partial charge on any atom is -0.464 e. The summed E-state index contributed by atoms with van der Waals surface area (Å²) in [5.74, 6) is -0.890. The van der Waals surface area contributed by atoms with Gasteiger partial charge >= 0.3 is 5.97 Å². The zero-order valence-corrected chi connectivity index (χ0v) is 16.6. The average Bonchev–Trinajstić information content (AvgIpc) is 2.69. The zero-order chi connectivity index (χ0) is 20.5. The highest BCUT2D eigenvalue weighted by molar-refractivity contribution is 5.97. The van der Waals surface area contributed by atoms with Crippen LogP contribution in [0.4, 0.5) is 0 Å². The molecule has 5 heteroatoms. The van der Waals surface area contributed by atoms with Gasteiger partial charge in [0.15, 0.2) is 5.78 Å². The molecule has 28 heavy (non-hydrogen) atoms. The van der Waals surface area contributed by atoms with E-state index in [1.807, 2.05) is 45.0 Å². The first-order valence-electron chi connectivity index (χ1n) is 9.51. The molecule has 0 spiro atoms. The highest BCUT2D eigenvalue weighted by atomic mass is 16.5. The molecule has 1 amide bonds. The van der Waals surface area contributed by atoms with Crippen molar-refractivity contribution in [3.8, 4) is 0 Å². The molecule has 0 saturated carbocycles. The highest BCUT2D eigenvalue weighted by Crippen LogP contribution is 2.10. The van der Waals surface area contributed by atoms with Gasteiger partial charge in [-0.1, -0.05) is 61.9 Å². The fourth-order valence-electron chi connectivity index (χ4n) is 2.77. The number of nitrogens with one attached hydrogen (secondary N) is 1. The van der Waals surface area contributed by atoms with E-state index in [9.17, 15) is 14.4 Å². The zero-order valence-electron chi connectivity index (χ0n) is 16.6. The molecular formula is C23H27NO4. The van der Waals surface area contributed by atoms with Crippen LogP contribution in [0.1, 0.15) is 53.0 Å². The first-order valence-corrected chi connectivity index (χ1v) is 9.51. The van der Waals surface area contributed by atoms with E-state index in [-0.39, 0.29) is 24.2 Å². The Kier molecular flexibility index (Phi) is 7.93. The minimum absolute atomic E-state index is 0.0183. The lowest BCUT2D eigenvalue weighted by Crippen LogP contribution is -2.45. The number of ketones is 1. The number of amides is 1. The predicted octanol–water partition coefficient (Wildman–Crippen LogP) is 3.96. The lowest BCUT2D eigenvalue weighted by Gasteiger charge is -2.21. The third-order valence-corrected chi connectivity index (χ3v) is 4.38. The Morgan fingerprint density at radius 1 is 0.964 bits per heavy atom. The van der Waals surface area contributed by atoms with Crippen LogP contribution in [-0.2, 0) is 9.53 Å². The first-order chi connectivity index (χ1) is 13.4. The monoisotopic (exact) mass is 381 g/mol. The Balaban J connectivity index is 1.84. The summed E-state index contributed by atoms with van der Waals surface area (Å²) in [5.41, 5.74) is 2.13.